The maximum Gasteiger partial charge on any atom is 0.251 e. The maximum atomic E-state index is 15.0. The topological polar surface area (TPSA) is 86.3 Å². The number of fused-ring (bicyclic) bond motifs is 2. The number of rotatable bonds is 3. The molecule has 1 amide bonds. The summed E-state index contributed by atoms with van der Waals surface area (Å²) in [6.45, 7) is 6.38. The lowest BCUT2D eigenvalue weighted by atomic mass is 10.1. The number of benzene rings is 2. The van der Waals surface area contributed by atoms with Crippen LogP contribution in [-0.4, -0.2) is 46.7 Å². The zero-order valence-corrected chi connectivity index (χ0v) is 17.4. The molecule has 0 bridgehead atoms. The number of ether oxygens (including phenoxy) is 1. The van der Waals surface area contributed by atoms with Gasteiger partial charge in [0.05, 0.1) is 40.9 Å². The number of carbonyl (C=O) groups excluding carboxylic acids is 1. The van der Waals surface area contributed by atoms with E-state index in [2.05, 4.69) is 14.9 Å². The monoisotopic (exact) mass is 419 g/mol. The van der Waals surface area contributed by atoms with Crippen LogP contribution in [0.15, 0.2) is 36.5 Å². The number of pyridine rings is 1. The first-order valence-corrected chi connectivity index (χ1v) is 10.2. The van der Waals surface area contributed by atoms with Gasteiger partial charge in [0.25, 0.3) is 5.91 Å². The third-order valence-corrected chi connectivity index (χ3v) is 5.82. The van der Waals surface area contributed by atoms with Crippen LogP contribution in [0.1, 0.15) is 21.7 Å². The Morgan fingerprint density at radius 1 is 1.13 bits per heavy atom. The molecule has 5 rings (SSSR count). The molecule has 3 heterocycles. The van der Waals surface area contributed by atoms with Gasteiger partial charge in [-0.25, -0.2) is 9.37 Å². The SMILES string of the molecule is Cc1ccc(F)c2c(-n3c(C)nc4c(C(N)=O)cc(N5CCOCC5)cc43)ccnc12. The fraction of sp³-hybridized carbons (Fsp3) is 0.261. The molecule has 2 aromatic heterocycles. The molecule has 4 aromatic rings. The number of anilines is 1. The van der Waals surface area contributed by atoms with Gasteiger partial charge in [0.2, 0.25) is 0 Å². The van der Waals surface area contributed by atoms with Crippen LogP contribution in [0.4, 0.5) is 10.1 Å². The molecular formula is C23H22FN5O2. The van der Waals surface area contributed by atoms with E-state index in [1.807, 2.05) is 24.5 Å². The second kappa shape index (κ2) is 7.31. The smallest absolute Gasteiger partial charge is 0.251 e. The van der Waals surface area contributed by atoms with Gasteiger partial charge in [0.1, 0.15) is 17.2 Å². The van der Waals surface area contributed by atoms with Gasteiger partial charge in [-0.15, -0.1) is 0 Å². The number of primary amides is 1. The summed E-state index contributed by atoms with van der Waals surface area (Å²) < 4.78 is 22.3. The maximum absolute atomic E-state index is 15.0. The van der Waals surface area contributed by atoms with Gasteiger partial charge in [-0.3, -0.25) is 14.3 Å². The number of nitrogens with two attached hydrogens (primary N) is 1. The second-order valence-corrected chi connectivity index (χ2v) is 7.74. The van der Waals surface area contributed by atoms with Crippen molar-refractivity contribution in [3.63, 3.8) is 0 Å². The van der Waals surface area contributed by atoms with Crippen molar-refractivity contribution in [2.75, 3.05) is 31.2 Å². The zero-order chi connectivity index (χ0) is 21.7. The van der Waals surface area contributed by atoms with Crippen LogP contribution in [-0.2, 0) is 4.74 Å². The largest absolute Gasteiger partial charge is 0.378 e. The van der Waals surface area contributed by atoms with Gasteiger partial charge in [0, 0.05) is 25.0 Å². The molecule has 0 spiro atoms. The van der Waals surface area contributed by atoms with Gasteiger partial charge in [-0.05, 0) is 43.7 Å². The van der Waals surface area contributed by atoms with Crippen LogP contribution >= 0.6 is 0 Å². The number of aromatic nitrogens is 3. The fourth-order valence-corrected chi connectivity index (χ4v) is 4.31. The van der Waals surface area contributed by atoms with E-state index < -0.39 is 5.91 Å². The van der Waals surface area contributed by atoms with Gasteiger partial charge < -0.3 is 15.4 Å². The van der Waals surface area contributed by atoms with Crippen molar-refractivity contribution >= 4 is 33.5 Å². The van der Waals surface area contributed by atoms with Crippen LogP contribution in [0, 0.1) is 19.7 Å². The molecule has 2 N–H and O–H groups in total. The Labute approximate surface area is 178 Å². The predicted molar refractivity (Wildman–Crippen MR) is 117 cm³/mol. The average Bonchev–Trinajstić information content (AvgIpc) is 3.11. The molecule has 2 aromatic carbocycles. The van der Waals surface area contributed by atoms with E-state index in [1.54, 1.807) is 24.4 Å². The lowest BCUT2D eigenvalue weighted by Crippen LogP contribution is -2.36. The lowest BCUT2D eigenvalue weighted by Gasteiger charge is -2.29. The third-order valence-electron chi connectivity index (χ3n) is 5.82. The van der Waals surface area contributed by atoms with Crippen molar-refractivity contribution in [1.29, 1.82) is 0 Å². The minimum absolute atomic E-state index is 0.343. The number of nitrogens with zero attached hydrogens (tertiary/aromatic N) is 4. The van der Waals surface area contributed by atoms with Gasteiger partial charge in [-0.1, -0.05) is 6.07 Å². The summed E-state index contributed by atoms with van der Waals surface area (Å²) in [5.41, 5.74) is 10.2. The summed E-state index contributed by atoms with van der Waals surface area (Å²) in [5, 5.41) is 0.419. The number of hydrogen-bond donors (Lipinski definition) is 1. The Hall–Kier alpha value is -3.52. The van der Waals surface area contributed by atoms with E-state index in [-0.39, 0.29) is 5.82 Å². The molecule has 0 radical (unpaired) electrons. The summed E-state index contributed by atoms with van der Waals surface area (Å²) in [6, 6.07) is 8.69. The average molecular weight is 419 g/mol. The highest BCUT2D eigenvalue weighted by Gasteiger charge is 2.22. The minimum Gasteiger partial charge on any atom is -0.378 e. The van der Waals surface area contributed by atoms with E-state index in [0.29, 0.717) is 65.3 Å². The van der Waals surface area contributed by atoms with E-state index in [9.17, 15) is 9.18 Å². The Bertz CT molecular complexity index is 1340. The molecule has 7 nitrogen and oxygen atoms in total. The van der Waals surface area contributed by atoms with Crippen LogP contribution in [0.2, 0.25) is 0 Å². The Morgan fingerprint density at radius 3 is 2.65 bits per heavy atom. The van der Waals surface area contributed by atoms with Crippen molar-refractivity contribution < 1.29 is 13.9 Å². The highest BCUT2D eigenvalue weighted by atomic mass is 19.1. The molecule has 1 aliphatic rings. The quantitative estimate of drug-likeness (QED) is 0.551. The van der Waals surface area contributed by atoms with Crippen LogP contribution in [0.5, 0.6) is 0 Å². The first kappa shape index (κ1) is 19.4. The number of aryl methyl sites for hydroxylation is 2. The van der Waals surface area contributed by atoms with Crippen molar-refractivity contribution in [1.82, 2.24) is 14.5 Å². The Morgan fingerprint density at radius 2 is 1.90 bits per heavy atom. The van der Waals surface area contributed by atoms with E-state index in [4.69, 9.17) is 10.5 Å². The van der Waals surface area contributed by atoms with Gasteiger partial charge in [-0.2, -0.15) is 0 Å². The molecule has 1 aliphatic heterocycles. The fourth-order valence-electron chi connectivity index (χ4n) is 4.31. The molecule has 1 fully saturated rings. The predicted octanol–water partition coefficient (Wildman–Crippen LogP) is 3.27. The zero-order valence-electron chi connectivity index (χ0n) is 17.4. The molecule has 0 aliphatic carbocycles. The Kier molecular flexibility index (Phi) is 4.59. The highest BCUT2D eigenvalue weighted by Crippen LogP contribution is 2.33. The standard InChI is InChI=1S/C23H22FN5O2/c1-13-3-4-17(24)20-18(5-6-26-21(13)20)29-14(2)27-22-16(23(25)30)11-15(12-19(22)29)28-7-9-31-10-8-28/h3-6,11-12H,7-10H2,1-2H3,(H2,25,30). The molecule has 158 valence electrons. The number of morpholine rings is 1. The molecule has 0 atom stereocenters. The van der Waals surface area contributed by atoms with Crippen LogP contribution in [0.25, 0.3) is 27.6 Å². The highest BCUT2D eigenvalue weighted by molar-refractivity contribution is 6.06. The summed E-state index contributed by atoms with van der Waals surface area (Å²) in [5.74, 6) is -0.277. The van der Waals surface area contributed by atoms with Crippen molar-refractivity contribution in [2.24, 2.45) is 5.73 Å². The third kappa shape index (κ3) is 3.11. The van der Waals surface area contributed by atoms with Crippen molar-refractivity contribution in [2.45, 2.75) is 13.8 Å². The van der Waals surface area contributed by atoms with Gasteiger partial charge in [0.15, 0.2) is 0 Å². The molecule has 31 heavy (non-hydrogen) atoms. The number of amides is 1. The minimum atomic E-state index is -0.550. The summed E-state index contributed by atoms with van der Waals surface area (Å²) in [4.78, 5) is 23.4. The first-order valence-electron chi connectivity index (χ1n) is 10.2. The number of carbonyl (C=O) groups is 1. The van der Waals surface area contributed by atoms with E-state index in [1.165, 1.54) is 6.07 Å². The van der Waals surface area contributed by atoms with Crippen molar-refractivity contribution in [3.8, 4) is 5.69 Å². The second-order valence-electron chi connectivity index (χ2n) is 7.74. The summed E-state index contributed by atoms with van der Waals surface area (Å²) in [6.07, 6.45) is 1.66. The van der Waals surface area contributed by atoms with Crippen LogP contribution in [0.3, 0.4) is 0 Å². The summed E-state index contributed by atoms with van der Waals surface area (Å²) >= 11 is 0. The summed E-state index contributed by atoms with van der Waals surface area (Å²) in [7, 11) is 0. The van der Waals surface area contributed by atoms with Gasteiger partial charge >= 0.3 is 0 Å². The molecule has 0 saturated carbocycles. The number of halogens is 1. The molecule has 0 unspecified atom stereocenters. The van der Waals surface area contributed by atoms with E-state index >= 15 is 0 Å². The molecule has 1 saturated heterocycles. The number of hydrogen-bond acceptors (Lipinski definition) is 5. The molecule has 8 heteroatoms. The van der Waals surface area contributed by atoms with Crippen LogP contribution < -0.4 is 10.6 Å². The molecular weight excluding hydrogens is 397 g/mol. The first-order chi connectivity index (χ1) is 15.0. The lowest BCUT2D eigenvalue weighted by molar-refractivity contribution is 0.100. The number of imidazole rings is 1. The normalized spacial score (nSPS) is 14.5. The van der Waals surface area contributed by atoms with E-state index in [0.717, 1.165) is 11.3 Å². The van der Waals surface area contributed by atoms with Crippen molar-refractivity contribution in [3.05, 3.63) is 59.3 Å². The Balaban J connectivity index is 1.84.